The Morgan fingerprint density at radius 2 is 2.47 bits per heavy atom. The Hall–Kier alpha value is -1.04. The Balaban J connectivity index is 1.89. The molecule has 0 amide bonds. The number of hydrogen-bond acceptors (Lipinski definition) is 5. The fraction of sp³-hybridized carbons (Fsp3) is 0.600. The third-order valence-corrected chi connectivity index (χ3v) is 2.49. The summed E-state index contributed by atoms with van der Waals surface area (Å²) in [5.74, 6) is 0. The zero-order chi connectivity index (χ0) is 10.5. The quantitative estimate of drug-likeness (QED) is 0.734. The van der Waals surface area contributed by atoms with E-state index in [1.54, 1.807) is 18.6 Å². The summed E-state index contributed by atoms with van der Waals surface area (Å²) in [6.45, 7) is 3.98. The maximum Gasteiger partial charge on any atom is 0.0824 e. The van der Waals surface area contributed by atoms with Crippen LogP contribution >= 0.6 is 0 Å². The van der Waals surface area contributed by atoms with Crippen molar-refractivity contribution in [1.29, 1.82) is 0 Å². The van der Waals surface area contributed by atoms with Gasteiger partial charge in [-0.3, -0.25) is 14.9 Å². The molecule has 1 aromatic heterocycles. The van der Waals surface area contributed by atoms with E-state index in [1.807, 2.05) is 0 Å². The molecule has 15 heavy (non-hydrogen) atoms. The van der Waals surface area contributed by atoms with E-state index in [1.165, 1.54) is 0 Å². The standard InChI is InChI=1S/C10H16N4O/c11-5-10-8-14(3-4-15-10)7-9-6-12-1-2-13-9/h1-2,6,10H,3-5,7-8,11H2. The van der Waals surface area contributed by atoms with Gasteiger partial charge in [0.1, 0.15) is 0 Å². The van der Waals surface area contributed by atoms with Crippen LogP contribution in [0.2, 0.25) is 0 Å². The lowest BCUT2D eigenvalue weighted by Crippen LogP contribution is -2.45. The van der Waals surface area contributed by atoms with Crippen LogP contribution in [0.3, 0.4) is 0 Å². The van der Waals surface area contributed by atoms with E-state index in [0.29, 0.717) is 6.54 Å². The van der Waals surface area contributed by atoms with E-state index < -0.39 is 0 Å². The molecule has 82 valence electrons. The average molecular weight is 208 g/mol. The van der Waals surface area contributed by atoms with Gasteiger partial charge < -0.3 is 10.5 Å². The Morgan fingerprint density at radius 1 is 1.53 bits per heavy atom. The Bertz CT molecular complexity index is 293. The van der Waals surface area contributed by atoms with Crippen molar-refractivity contribution in [3.8, 4) is 0 Å². The van der Waals surface area contributed by atoms with Gasteiger partial charge in [0.25, 0.3) is 0 Å². The van der Waals surface area contributed by atoms with Crippen LogP contribution in [0.4, 0.5) is 0 Å². The Kier molecular flexibility index (Phi) is 3.60. The van der Waals surface area contributed by atoms with Gasteiger partial charge in [-0.1, -0.05) is 0 Å². The normalized spacial score (nSPS) is 22.9. The van der Waals surface area contributed by atoms with E-state index in [4.69, 9.17) is 10.5 Å². The van der Waals surface area contributed by atoms with Gasteiger partial charge in [0, 0.05) is 44.8 Å². The summed E-state index contributed by atoms with van der Waals surface area (Å²) >= 11 is 0. The molecule has 1 saturated heterocycles. The van der Waals surface area contributed by atoms with Crippen molar-refractivity contribution >= 4 is 0 Å². The highest BCUT2D eigenvalue weighted by Crippen LogP contribution is 2.07. The van der Waals surface area contributed by atoms with Gasteiger partial charge in [0.15, 0.2) is 0 Å². The van der Waals surface area contributed by atoms with Crippen LogP contribution in [-0.4, -0.2) is 47.2 Å². The van der Waals surface area contributed by atoms with Gasteiger partial charge in [0.2, 0.25) is 0 Å². The number of aromatic nitrogens is 2. The Morgan fingerprint density at radius 3 is 3.20 bits per heavy atom. The van der Waals surface area contributed by atoms with Crippen molar-refractivity contribution in [2.45, 2.75) is 12.6 Å². The topological polar surface area (TPSA) is 64.3 Å². The molecular formula is C10H16N4O. The fourth-order valence-corrected chi connectivity index (χ4v) is 1.71. The van der Waals surface area contributed by atoms with Crippen LogP contribution in [-0.2, 0) is 11.3 Å². The molecule has 2 N–H and O–H groups in total. The zero-order valence-corrected chi connectivity index (χ0v) is 8.67. The second kappa shape index (κ2) is 5.16. The van der Waals surface area contributed by atoms with Crippen LogP contribution in [0.1, 0.15) is 5.69 Å². The third-order valence-electron chi connectivity index (χ3n) is 2.49. The molecule has 2 heterocycles. The van der Waals surface area contributed by atoms with Gasteiger partial charge in [-0.25, -0.2) is 0 Å². The lowest BCUT2D eigenvalue weighted by atomic mass is 10.2. The maximum atomic E-state index is 5.58. The van der Waals surface area contributed by atoms with Crippen molar-refractivity contribution in [3.63, 3.8) is 0 Å². The molecule has 0 saturated carbocycles. The molecule has 1 unspecified atom stereocenters. The van der Waals surface area contributed by atoms with Crippen molar-refractivity contribution < 1.29 is 4.74 Å². The highest BCUT2D eigenvalue weighted by atomic mass is 16.5. The molecule has 0 aliphatic carbocycles. The van der Waals surface area contributed by atoms with Crippen LogP contribution in [0, 0.1) is 0 Å². The lowest BCUT2D eigenvalue weighted by molar-refractivity contribution is -0.0264. The summed E-state index contributed by atoms with van der Waals surface area (Å²) in [6.07, 6.45) is 5.37. The first-order valence-electron chi connectivity index (χ1n) is 5.17. The van der Waals surface area contributed by atoms with Gasteiger partial charge in [0.05, 0.1) is 18.4 Å². The second-order valence-electron chi connectivity index (χ2n) is 3.66. The summed E-state index contributed by atoms with van der Waals surface area (Å²) < 4.78 is 5.49. The Labute approximate surface area is 89.3 Å². The molecule has 1 atom stereocenters. The maximum absolute atomic E-state index is 5.58. The number of ether oxygens (including phenoxy) is 1. The van der Waals surface area contributed by atoms with Crippen LogP contribution in [0.15, 0.2) is 18.6 Å². The highest BCUT2D eigenvalue weighted by molar-refractivity contribution is 4.94. The molecule has 0 aromatic carbocycles. The van der Waals surface area contributed by atoms with Gasteiger partial charge >= 0.3 is 0 Å². The summed E-state index contributed by atoms with van der Waals surface area (Å²) in [4.78, 5) is 10.6. The SMILES string of the molecule is NCC1CN(Cc2cnccn2)CCO1. The minimum absolute atomic E-state index is 0.162. The first-order valence-corrected chi connectivity index (χ1v) is 5.17. The molecule has 2 rings (SSSR count). The molecule has 5 heteroatoms. The van der Waals surface area contributed by atoms with Crippen LogP contribution < -0.4 is 5.73 Å². The predicted molar refractivity (Wildman–Crippen MR) is 56.1 cm³/mol. The number of morpholine rings is 1. The van der Waals surface area contributed by atoms with Gasteiger partial charge in [-0.2, -0.15) is 0 Å². The molecule has 1 fully saturated rings. The largest absolute Gasteiger partial charge is 0.374 e. The average Bonchev–Trinajstić information content (AvgIpc) is 2.31. The minimum atomic E-state index is 0.162. The highest BCUT2D eigenvalue weighted by Gasteiger charge is 2.19. The van der Waals surface area contributed by atoms with Crippen molar-refractivity contribution in [3.05, 3.63) is 24.3 Å². The van der Waals surface area contributed by atoms with Crippen LogP contribution in [0.5, 0.6) is 0 Å². The molecule has 0 bridgehead atoms. The molecule has 1 aromatic rings. The minimum Gasteiger partial charge on any atom is -0.374 e. The van der Waals surface area contributed by atoms with Crippen molar-refractivity contribution in [2.75, 3.05) is 26.2 Å². The molecule has 1 aliphatic rings. The fourth-order valence-electron chi connectivity index (χ4n) is 1.71. The van der Waals surface area contributed by atoms with Gasteiger partial charge in [-0.05, 0) is 0 Å². The smallest absolute Gasteiger partial charge is 0.0824 e. The molecule has 0 spiro atoms. The molecular weight excluding hydrogens is 192 g/mol. The monoisotopic (exact) mass is 208 g/mol. The molecule has 0 radical (unpaired) electrons. The zero-order valence-electron chi connectivity index (χ0n) is 8.67. The van der Waals surface area contributed by atoms with Gasteiger partial charge in [-0.15, -0.1) is 0 Å². The number of hydrogen-bond donors (Lipinski definition) is 1. The van der Waals surface area contributed by atoms with E-state index in [9.17, 15) is 0 Å². The van der Waals surface area contributed by atoms with E-state index in [0.717, 1.165) is 31.9 Å². The van der Waals surface area contributed by atoms with E-state index in [2.05, 4.69) is 14.9 Å². The number of nitrogens with two attached hydrogens (primary N) is 1. The summed E-state index contributed by atoms with van der Waals surface area (Å²) in [5, 5.41) is 0. The van der Waals surface area contributed by atoms with Crippen molar-refractivity contribution in [1.82, 2.24) is 14.9 Å². The summed E-state index contributed by atoms with van der Waals surface area (Å²) in [7, 11) is 0. The summed E-state index contributed by atoms with van der Waals surface area (Å²) in [5.41, 5.74) is 6.57. The third kappa shape index (κ3) is 2.95. The first kappa shape index (κ1) is 10.5. The number of rotatable bonds is 3. The van der Waals surface area contributed by atoms with Crippen LogP contribution in [0.25, 0.3) is 0 Å². The number of nitrogens with zero attached hydrogens (tertiary/aromatic N) is 3. The second-order valence-corrected chi connectivity index (χ2v) is 3.66. The van der Waals surface area contributed by atoms with Crippen molar-refractivity contribution in [2.24, 2.45) is 5.73 Å². The van der Waals surface area contributed by atoms with E-state index >= 15 is 0 Å². The summed E-state index contributed by atoms with van der Waals surface area (Å²) in [6, 6.07) is 0. The van der Waals surface area contributed by atoms with E-state index in [-0.39, 0.29) is 6.10 Å². The molecule has 5 nitrogen and oxygen atoms in total. The lowest BCUT2D eigenvalue weighted by Gasteiger charge is -2.31. The molecule has 1 aliphatic heterocycles. The first-order chi connectivity index (χ1) is 7.38. The predicted octanol–water partition coefficient (Wildman–Crippen LogP) is -0.364.